The lowest BCUT2D eigenvalue weighted by Crippen LogP contribution is -2.57. The molecule has 5 nitrogen and oxygen atoms in total. The van der Waals surface area contributed by atoms with Crippen molar-refractivity contribution in [1.29, 1.82) is 0 Å². The molecule has 0 radical (unpaired) electrons. The van der Waals surface area contributed by atoms with Crippen LogP contribution in [0.15, 0.2) is 48.5 Å². The minimum Gasteiger partial charge on any atom is -0.480 e. The zero-order valence-electron chi connectivity index (χ0n) is 16.0. The third kappa shape index (κ3) is 3.26. The molecular weight excluding hydrogens is 354 g/mol. The van der Waals surface area contributed by atoms with E-state index in [4.69, 9.17) is 4.74 Å². The van der Waals surface area contributed by atoms with Gasteiger partial charge in [0, 0.05) is 5.92 Å². The largest absolute Gasteiger partial charge is 0.480 e. The van der Waals surface area contributed by atoms with E-state index in [0.29, 0.717) is 12.8 Å². The zero-order chi connectivity index (χ0) is 19.7. The van der Waals surface area contributed by atoms with E-state index in [9.17, 15) is 14.7 Å². The topological polar surface area (TPSA) is 75.6 Å². The highest BCUT2D eigenvalue weighted by Gasteiger charge is 2.43. The van der Waals surface area contributed by atoms with Crippen LogP contribution in [0.4, 0.5) is 4.79 Å². The van der Waals surface area contributed by atoms with Crippen LogP contribution < -0.4 is 5.32 Å². The summed E-state index contributed by atoms with van der Waals surface area (Å²) in [4.78, 5) is 24.4. The van der Waals surface area contributed by atoms with Crippen LogP contribution in [0.2, 0.25) is 0 Å². The van der Waals surface area contributed by atoms with Gasteiger partial charge in [-0.25, -0.2) is 9.59 Å². The highest BCUT2D eigenvalue weighted by Crippen LogP contribution is 2.44. The second-order valence-electron chi connectivity index (χ2n) is 8.04. The number of rotatable bonds is 4. The maximum absolute atomic E-state index is 12.5. The molecule has 4 rings (SSSR count). The summed E-state index contributed by atoms with van der Waals surface area (Å²) in [6.07, 6.45) is 2.00. The summed E-state index contributed by atoms with van der Waals surface area (Å²) >= 11 is 0. The van der Waals surface area contributed by atoms with E-state index in [2.05, 4.69) is 29.6 Å². The normalized spacial score (nSPS) is 23.5. The number of carboxylic acid groups (broad SMARTS) is 1. The molecule has 2 atom stereocenters. The Morgan fingerprint density at radius 1 is 1.11 bits per heavy atom. The molecule has 2 N–H and O–H groups in total. The number of aliphatic carboxylic acids is 1. The van der Waals surface area contributed by atoms with E-state index >= 15 is 0 Å². The van der Waals surface area contributed by atoms with Crippen LogP contribution in [-0.2, 0) is 9.53 Å². The number of ether oxygens (including phenoxy) is 1. The van der Waals surface area contributed by atoms with Crippen molar-refractivity contribution in [1.82, 2.24) is 5.32 Å². The molecule has 2 aliphatic carbocycles. The molecule has 1 amide bonds. The van der Waals surface area contributed by atoms with Crippen molar-refractivity contribution in [2.45, 2.75) is 44.1 Å². The van der Waals surface area contributed by atoms with Crippen LogP contribution in [0, 0.1) is 5.92 Å². The average Bonchev–Trinajstić information content (AvgIpc) is 3.00. The first-order valence-electron chi connectivity index (χ1n) is 9.87. The number of hydrogen-bond donors (Lipinski definition) is 2. The minimum atomic E-state index is -1.22. The van der Waals surface area contributed by atoms with E-state index in [1.54, 1.807) is 0 Å². The number of carboxylic acids is 1. The van der Waals surface area contributed by atoms with Gasteiger partial charge >= 0.3 is 12.1 Å². The smallest absolute Gasteiger partial charge is 0.408 e. The Kier molecular flexibility index (Phi) is 4.84. The fraction of sp³-hybridized carbons (Fsp3) is 0.391. The van der Waals surface area contributed by atoms with E-state index in [1.807, 2.05) is 31.2 Å². The molecule has 0 aliphatic heterocycles. The molecule has 2 unspecified atom stereocenters. The third-order valence-corrected chi connectivity index (χ3v) is 6.09. The average molecular weight is 379 g/mol. The van der Waals surface area contributed by atoms with Gasteiger partial charge in [0.1, 0.15) is 12.1 Å². The summed E-state index contributed by atoms with van der Waals surface area (Å²) in [5.74, 6) is -0.754. The molecule has 2 aliphatic rings. The van der Waals surface area contributed by atoms with Gasteiger partial charge in [-0.1, -0.05) is 68.3 Å². The van der Waals surface area contributed by atoms with Crippen molar-refractivity contribution in [3.63, 3.8) is 0 Å². The number of hydrogen-bond acceptors (Lipinski definition) is 3. The molecule has 0 saturated heterocycles. The van der Waals surface area contributed by atoms with Gasteiger partial charge in [-0.3, -0.25) is 0 Å². The van der Waals surface area contributed by atoms with Crippen molar-refractivity contribution in [2.75, 3.05) is 6.61 Å². The Morgan fingerprint density at radius 2 is 1.71 bits per heavy atom. The molecule has 1 fully saturated rings. The zero-order valence-corrected chi connectivity index (χ0v) is 16.0. The molecule has 146 valence electrons. The molecule has 0 bridgehead atoms. The molecule has 0 spiro atoms. The summed E-state index contributed by atoms with van der Waals surface area (Å²) < 4.78 is 5.54. The van der Waals surface area contributed by atoms with Gasteiger partial charge in [-0.2, -0.15) is 0 Å². The molecule has 2 aromatic rings. The van der Waals surface area contributed by atoms with Gasteiger partial charge in [-0.05, 0) is 41.0 Å². The number of fused-ring (bicyclic) bond motifs is 3. The molecule has 1 saturated carbocycles. The SMILES string of the molecule is CC1CCCC(NC(=O)OCC2c3ccccc3-c3ccccc32)(C(=O)O)C1. The first-order chi connectivity index (χ1) is 13.5. The van der Waals surface area contributed by atoms with Crippen molar-refractivity contribution in [3.05, 3.63) is 59.7 Å². The molecule has 5 heteroatoms. The van der Waals surface area contributed by atoms with Crippen molar-refractivity contribution in [3.8, 4) is 11.1 Å². The predicted molar refractivity (Wildman–Crippen MR) is 106 cm³/mol. The Morgan fingerprint density at radius 3 is 2.29 bits per heavy atom. The molecular formula is C23H25NO4. The minimum absolute atomic E-state index is 0.0378. The van der Waals surface area contributed by atoms with Crippen LogP contribution in [0.5, 0.6) is 0 Å². The van der Waals surface area contributed by atoms with Crippen LogP contribution in [0.3, 0.4) is 0 Å². The first kappa shape index (κ1) is 18.5. The number of alkyl carbamates (subject to hydrolysis) is 1. The lowest BCUT2D eigenvalue weighted by molar-refractivity contribution is -0.146. The highest BCUT2D eigenvalue weighted by molar-refractivity contribution is 5.84. The summed E-state index contributed by atoms with van der Waals surface area (Å²) in [5.41, 5.74) is 3.37. The number of carbonyl (C=O) groups excluding carboxylic acids is 1. The Balaban J connectivity index is 1.49. The quantitative estimate of drug-likeness (QED) is 0.817. The lowest BCUT2D eigenvalue weighted by atomic mass is 9.76. The summed E-state index contributed by atoms with van der Waals surface area (Å²) in [6.45, 7) is 2.21. The Hall–Kier alpha value is -2.82. The number of benzene rings is 2. The van der Waals surface area contributed by atoms with E-state index in [0.717, 1.165) is 35.1 Å². The first-order valence-corrected chi connectivity index (χ1v) is 9.87. The van der Waals surface area contributed by atoms with Gasteiger partial charge in [0.05, 0.1) is 0 Å². The van der Waals surface area contributed by atoms with E-state index in [-0.39, 0.29) is 18.4 Å². The summed E-state index contributed by atoms with van der Waals surface area (Å²) in [6, 6.07) is 16.3. The van der Waals surface area contributed by atoms with Crippen LogP contribution in [0.1, 0.15) is 49.7 Å². The molecule has 0 heterocycles. The monoisotopic (exact) mass is 379 g/mol. The molecule has 2 aromatic carbocycles. The highest BCUT2D eigenvalue weighted by atomic mass is 16.5. The van der Waals surface area contributed by atoms with Crippen LogP contribution in [0.25, 0.3) is 11.1 Å². The summed E-state index contributed by atoms with van der Waals surface area (Å²) in [7, 11) is 0. The lowest BCUT2D eigenvalue weighted by Gasteiger charge is -2.36. The van der Waals surface area contributed by atoms with E-state index in [1.165, 1.54) is 0 Å². The Labute approximate surface area is 164 Å². The van der Waals surface area contributed by atoms with Gasteiger partial charge in [-0.15, -0.1) is 0 Å². The van der Waals surface area contributed by atoms with Crippen LogP contribution >= 0.6 is 0 Å². The second-order valence-corrected chi connectivity index (χ2v) is 8.04. The Bertz CT molecular complexity index is 863. The van der Waals surface area contributed by atoms with Crippen molar-refractivity contribution in [2.24, 2.45) is 5.92 Å². The van der Waals surface area contributed by atoms with Gasteiger partial charge in [0.15, 0.2) is 0 Å². The number of amides is 1. The maximum atomic E-state index is 12.5. The number of nitrogens with one attached hydrogen (secondary N) is 1. The number of carbonyl (C=O) groups is 2. The van der Waals surface area contributed by atoms with Crippen molar-refractivity contribution < 1.29 is 19.4 Å². The van der Waals surface area contributed by atoms with Gasteiger partial charge < -0.3 is 15.2 Å². The van der Waals surface area contributed by atoms with Crippen LogP contribution in [-0.4, -0.2) is 29.3 Å². The van der Waals surface area contributed by atoms with E-state index < -0.39 is 17.6 Å². The summed E-state index contributed by atoms with van der Waals surface area (Å²) in [5, 5.41) is 12.4. The van der Waals surface area contributed by atoms with Gasteiger partial charge in [0.2, 0.25) is 0 Å². The fourth-order valence-corrected chi connectivity index (χ4v) is 4.74. The predicted octanol–water partition coefficient (Wildman–Crippen LogP) is 4.56. The molecule has 0 aromatic heterocycles. The second kappa shape index (κ2) is 7.30. The van der Waals surface area contributed by atoms with Gasteiger partial charge in [0.25, 0.3) is 0 Å². The standard InChI is InChI=1S/C23H25NO4/c1-15-7-6-12-23(13-15,21(25)26)24-22(27)28-14-20-18-10-4-2-8-16(18)17-9-3-5-11-19(17)20/h2-5,8-11,15,20H,6-7,12-14H2,1H3,(H,24,27)(H,25,26). The fourth-order valence-electron chi connectivity index (χ4n) is 4.74. The third-order valence-electron chi connectivity index (χ3n) is 6.09. The van der Waals surface area contributed by atoms with Crippen molar-refractivity contribution >= 4 is 12.1 Å². The molecule has 28 heavy (non-hydrogen) atoms. The maximum Gasteiger partial charge on any atom is 0.408 e.